The second kappa shape index (κ2) is 2.78. The maximum atomic E-state index is 11.4. The third-order valence-electron chi connectivity index (χ3n) is 2.56. The lowest BCUT2D eigenvalue weighted by atomic mass is 9.92. The summed E-state index contributed by atoms with van der Waals surface area (Å²) in [5.41, 5.74) is -0.676. The van der Waals surface area contributed by atoms with Crippen molar-refractivity contribution < 1.29 is 9.53 Å². The van der Waals surface area contributed by atoms with Crippen molar-refractivity contribution in [3.63, 3.8) is 0 Å². The van der Waals surface area contributed by atoms with Gasteiger partial charge in [0, 0.05) is 6.42 Å². The van der Waals surface area contributed by atoms with Crippen molar-refractivity contribution in [2.45, 2.75) is 24.6 Å². The van der Waals surface area contributed by atoms with Crippen molar-refractivity contribution in [1.82, 2.24) is 0 Å². The van der Waals surface area contributed by atoms with Gasteiger partial charge in [0.2, 0.25) is 0 Å². The molecule has 1 rings (SSSR count). The predicted octanol–water partition coefficient (Wildman–Crippen LogP) is 2.38. The lowest BCUT2D eigenvalue weighted by Crippen LogP contribution is -2.28. The zero-order valence-corrected chi connectivity index (χ0v) is 8.87. The van der Waals surface area contributed by atoms with E-state index < -0.39 is 9.75 Å². The van der Waals surface area contributed by atoms with Crippen LogP contribution in [0.3, 0.4) is 0 Å². The van der Waals surface area contributed by atoms with Crippen LogP contribution >= 0.6 is 23.2 Å². The van der Waals surface area contributed by atoms with E-state index in [1.807, 2.05) is 13.8 Å². The van der Waals surface area contributed by atoms with Crippen molar-refractivity contribution in [1.29, 1.82) is 0 Å². The lowest BCUT2D eigenvalue weighted by Gasteiger charge is -2.18. The fourth-order valence-electron chi connectivity index (χ4n) is 1.57. The Hall–Kier alpha value is 0.0500. The molecule has 0 spiro atoms. The molecule has 0 radical (unpaired) electrons. The predicted molar refractivity (Wildman–Crippen MR) is 48.3 cm³/mol. The number of esters is 1. The normalized spacial score (nSPS) is 31.8. The van der Waals surface area contributed by atoms with Crippen LogP contribution < -0.4 is 0 Å². The Morgan fingerprint density at radius 3 is 2.00 bits per heavy atom. The van der Waals surface area contributed by atoms with Crippen LogP contribution in [0.1, 0.15) is 20.3 Å². The van der Waals surface area contributed by atoms with E-state index in [2.05, 4.69) is 4.74 Å². The molecule has 0 aliphatic heterocycles. The van der Waals surface area contributed by atoms with Crippen LogP contribution in [0.2, 0.25) is 0 Å². The highest BCUT2D eigenvalue weighted by molar-refractivity contribution is 6.53. The van der Waals surface area contributed by atoms with Crippen LogP contribution in [-0.4, -0.2) is 17.4 Å². The number of hydrogen-bond donors (Lipinski definition) is 0. The molecule has 1 aliphatic carbocycles. The molecule has 0 bridgehead atoms. The number of alkyl halides is 2. The first kappa shape index (κ1) is 10.1. The first-order valence-corrected chi connectivity index (χ1v) is 4.60. The van der Waals surface area contributed by atoms with Gasteiger partial charge in [0.25, 0.3) is 0 Å². The molecule has 1 atom stereocenters. The molecule has 0 unspecified atom stereocenters. The topological polar surface area (TPSA) is 26.3 Å². The third-order valence-corrected chi connectivity index (χ3v) is 3.51. The first-order valence-electron chi connectivity index (χ1n) is 3.84. The van der Waals surface area contributed by atoms with Crippen molar-refractivity contribution in [3.05, 3.63) is 0 Å². The Balaban J connectivity index is 2.87. The summed E-state index contributed by atoms with van der Waals surface area (Å²) in [5.74, 6) is -0.192. The Kier molecular flexibility index (Phi) is 2.34. The molecule has 1 fully saturated rings. The van der Waals surface area contributed by atoms with Crippen LogP contribution in [0.25, 0.3) is 0 Å². The summed E-state index contributed by atoms with van der Waals surface area (Å²) in [6.45, 7) is 3.84. The second-order valence-corrected chi connectivity index (χ2v) is 4.98. The number of halogens is 2. The van der Waals surface area contributed by atoms with E-state index >= 15 is 0 Å². The smallest absolute Gasteiger partial charge is 0.315 e. The Morgan fingerprint density at radius 1 is 1.50 bits per heavy atom. The zero-order chi connectivity index (χ0) is 9.57. The standard InChI is InChI=1S/C8H12Cl2O2/c1-5(2)7(6(11)12-3)4-8(7,9)10/h5H,4H2,1-3H3/t7-/m0/s1. The van der Waals surface area contributed by atoms with Crippen LogP contribution in [-0.2, 0) is 9.53 Å². The average Bonchev–Trinajstić information content (AvgIpc) is 2.54. The van der Waals surface area contributed by atoms with Gasteiger partial charge >= 0.3 is 5.97 Å². The SMILES string of the molecule is COC(=O)[C@@]1(C(C)C)CC1(Cl)Cl. The van der Waals surface area contributed by atoms with Crippen molar-refractivity contribution in [2.75, 3.05) is 7.11 Å². The average molecular weight is 211 g/mol. The summed E-state index contributed by atoms with van der Waals surface area (Å²) in [5, 5.41) is 0. The van der Waals surface area contributed by atoms with Crippen LogP contribution in [0.5, 0.6) is 0 Å². The second-order valence-electron chi connectivity index (χ2n) is 3.50. The van der Waals surface area contributed by atoms with E-state index in [1.54, 1.807) is 0 Å². The molecular formula is C8H12Cl2O2. The molecule has 70 valence electrons. The molecule has 0 aromatic heterocycles. The molecule has 0 saturated heterocycles. The van der Waals surface area contributed by atoms with Crippen molar-refractivity contribution in [3.8, 4) is 0 Å². The first-order chi connectivity index (χ1) is 5.38. The summed E-state index contributed by atoms with van der Waals surface area (Å²) in [6, 6.07) is 0. The zero-order valence-electron chi connectivity index (χ0n) is 7.36. The van der Waals surface area contributed by atoms with E-state index in [-0.39, 0.29) is 11.9 Å². The summed E-state index contributed by atoms with van der Waals surface area (Å²) >= 11 is 11.8. The molecule has 1 saturated carbocycles. The molecule has 0 N–H and O–H groups in total. The van der Waals surface area contributed by atoms with Gasteiger partial charge in [-0.25, -0.2) is 0 Å². The Labute approximate surface area is 82.2 Å². The number of hydrogen-bond acceptors (Lipinski definition) is 2. The van der Waals surface area contributed by atoms with Crippen molar-refractivity contribution >= 4 is 29.2 Å². The Morgan fingerprint density at radius 2 is 1.92 bits per heavy atom. The monoisotopic (exact) mass is 210 g/mol. The minimum absolute atomic E-state index is 0.111. The highest BCUT2D eigenvalue weighted by Crippen LogP contribution is 2.68. The fourth-order valence-corrected chi connectivity index (χ4v) is 2.58. The quantitative estimate of drug-likeness (QED) is 0.517. The van der Waals surface area contributed by atoms with Crippen LogP contribution in [0, 0.1) is 11.3 Å². The maximum absolute atomic E-state index is 11.4. The van der Waals surface area contributed by atoms with Gasteiger partial charge in [0.1, 0.15) is 9.75 Å². The van der Waals surface area contributed by atoms with E-state index in [1.165, 1.54) is 7.11 Å². The molecule has 4 heteroatoms. The minimum Gasteiger partial charge on any atom is -0.468 e. The van der Waals surface area contributed by atoms with Crippen LogP contribution in [0.4, 0.5) is 0 Å². The van der Waals surface area contributed by atoms with Gasteiger partial charge in [0.05, 0.1) is 7.11 Å². The minimum atomic E-state index is -0.922. The third kappa shape index (κ3) is 1.12. The summed E-state index contributed by atoms with van der Waals surface area (Å²) in [7, 11) is 1.36. The number of methoxy groups -OCH3 is 1. The lowest BCUT2D eigenvalue weighted by molar-refractivity contribution is -0.149. The van der Waals surface area contributed by atoms with Gasteiger partial charge in [-0.1, -0.05) is 13.8 Å². The van der Waals surface area contributed by atoms with Gasteiger partial charge in [-0.3, -0.25) is 4.79 Å². The van der Waals surface area contributed by atoms with Gasteiger partial charge in [0.15, 0.2) is 0 Å². The number of ether oxygens (including phenoxy) is 1. The fraction of sp³-hybridized carbons (Fsp3) is 0.875. The van der Waals surface area contributed by atoms with E-state index in [0.717, 1.165) is 0 Å². The largest absolute Gasteiger partial charge is 0.468 e. The summed E-state index contributed by atoms with van der Waals surface area (Å²) in [6.07, 6.45) is 0.494. The molecule has 2 nitrogen and oxygen atoms in total. The van der Waals surface area contributed by atoms with Gasteiger partial charge in [-0.05, 0) is 5.92 Å². The number of carbonyl (C=O) groups is 1. The summed E-state index contributed by atoms with van der Waals surface area (Å²) in [4.78, 5) is 11.4. The van der Waals surface area contributed by atoms with E-state index in [9.17, 15) is 4.79 Å². The summed E-state index contributed by atoms with van der Waals surface area (Å²) < 4.78 is 3.74. The molecular weight excluding hydrogens is 199 g/mol. The Bertz CT molecular complexity index is 213. The molecule has 0 aromatic carbocycles. The van der Waals surface area contributed by atoms with E-state index in [0.29, 0.717) is 6.42 Å². The number of rotatable bonds is 2. The van der Waals surface area contributed by atoms with Crippen LogP contribution in [0.15, 0.2) is 0 Å². The van der Waals surface area contributed by atoms with Gasteiger partial charge < -0.3 is 4.74 Å². The molecule has 0 aromatic rings. The van der Waals surface area contributed by atoms with Gasteiger partial charge in [-0.2, -0.15) is 0 Å². The van der Waals surface area contributed by atoms with E-state index in [4.69, 9.17) is 23.2 Å². The highest BCUT2D eigenvalue weighted by atomic mass is 35.5. The maximum Gasteiger partial charge on any atom is 0.315 e. The highest BCUT2D eigenvalue weighted by Gasteiger charge is 2.73. The van der Waals surface area contributed by atoms with Crippen molar-refractivity contribution in [2.24, 2.45) is 11.3 Å². The molecule has 1 aliphatic rings. The molecule has 0 amide bonds. The molecule has 0 heterocycles. The molecule has 12 heavy (non-hydrogen) atoms. The van der Waals surface area contributed by atoms with Gasteiger partial charge in [-0.15, -0.1) is 23.2 Å². The number of carbonyl (C=O) groups excluding carboxylic acids is 1.